The SMILES string of the molecule is CC(=O)c1ccc(OCCCOc2cccc(NC(=O)c3nn[nH]n3)c2C#N)c(CCC(F)(F)F)c1O. The smallest absolute Gasteiger partial charge is 0.389 e. The molecule has 1 amide bonds. The Labute approximate surface area is 208 Å². The summed E-state index contributed by atoms with van der Waals surface area (Å²) < 4.78 is 49.4. The number of tetrazole rings is 1. The number of carbonyl (C=O) groups is 2. The zero-order chi connectivity index (χ0) is 27.0. The van der Waals surface area contributed by atoms with Crippen molar-refractivity contribution in [1.82, 2.24) is 20.6 Å². The minimum Gasteiger partial charge on any atom is -0.507 e. The molecule has 194 valence electrons. The van der Waals surface area contributed by atoms with E-state index in [1.807, 2.05) is 6.07 Å². The monoisotopic (exact) mass is 518 g/mol. The number of halogens is 3. The Balaban J connectivity index is 1.62. The third-order valence-corrected chi connectivity index (χ3v) is 5.02. The lowest BCUT2D eigenvalue weighted by molar-refractivity contribution is -0.134. The van der Waals surface area contributed by atoms with Gasteiger partial charge in [-0.3, -0.25) is 9.59 Å². The van der Waals surface area contributed by atoms with E-state index in [1.54, 1.807) is 6.07 Å². The highest BCUT2D eigenvalue weighted by Crippen LogP contribution is 2.35. The van der Waals surface area contributed by atoms with Gasteiger partial charge in [-0.1, -0.05) is 6.07 Å². The van der Waals surface area contributed by atoms with Crippen molar-refractivity contribution in [2.24, 2.45) is 0 Å². The Morgan fingerprint density at radius 3 is 2.51 bits per heavy atom. The number of rotatable bonds is 11. The van der Waals surface area contributed by atoms with Crippen LogP contribution in [0.5, 0.6) is 17.2 Å². The summed E-state index contributed by atoms with van der Waals surface area (Å²) in [4.78, 5) is 23.8. The highest BCUT2D eigenvalue weighted by Gasteiger charge is 2.29. The van der Waals surface area contributed by atoms with Crippen LogP contribution in [-0.2, 0) is 6.42 Å². The molecule has 0 saturated heterocycles. The van der Waals surface area contributed by atoms with Gasteiger partial charge < -0.3 is 19.9 Å². The van der Waals surface area contributed by atoms with Crippen molar-refractivity contribution in [1.29, 1.82) is 5.26 Å². The molecule has 3 N–H and O–H groups in total. The second kappa shape index (κ2) is 11.8. The lowest BCUT2D eigenvalue weighted by Gasteiger charge is -2.16. The van der Waals surface area contributed by atoms with Gasteiger partial charge in [-0.15, -0.1) is 10.2 Å². The third-order valence-electron chi connectivity index (χ3n) is 5.02. The van der Waals surface area contributed by atoms with E-state index in [4.69, 9.17) is 9.47 Å². The van der Waals surface area contributed by atoms with Gasteiger partial charge in [0.15, 0.2) is 5.78 Å². The van der Waals surface area contributed by atoms with E-state index < -0.39 is 36.5 Å². The van der Waals surface area contributed by atoms with Crippen LogP contribution in [0.4, 0.5) is 18.9 Å². The summed E-state index contributed by atoms with van der Waals surface area (Å²) in [5.74, 6) is -1.72. The molecule has 3 aromatic rings. The number of nitrogens with zero attached hydrogens (tertiary/aromatic N) is 4. The van der Waals surface area contributed by atoms with Crippen LogP contribution in [0.1, 0.15) is 51.9 Å². The molecule has 0 atom stereocenters. The second-order valence-electron chi connectivity index (χ2n) is 7.64. The largest absolute Gasteiger partial charge is 0.507 e. The molecule has 0 radical (unpaired) electrons. The first kappa shape index (κ1) is 26.9. The van der Waals surface area contributed by atoms with E-state index in [-0.39, 0.29) is 59.3 Å². The molecule has 0 aliphatic carbocycles. The van der Waals surface area contributed by atoms with Gasteiger partial charge >= 0.3 is 6.18 Å². The molecule has 14 heteroatoms. The summed E-state index contributed by atoms with van der Waals surface area (Å²) in [5.41, 5.74) is 0.0202. The van der Waals surface area contributed by atoms with Gasteiger partial charge in [0, 0.05) is 18.4 Å². The number of amides is 1. The molecule has 1 aromatic heterocycles. The average Bonchev–Trinajstić information content (AvgIpc) is 3.38. The number of alkyl halides is 3. The molecule has 0 fully saturated rings. The minimum absolute atomic E-state index is 0.00795. The number of carbonyl (C=O) groups excluding carboxylic acids is 2. The summed E-state index contributed by atoms with van der Waals surface area (Å²) in [6.45, 7) is 1.27. The number of Topliss-reactive ketones (excluding diaryl/α,β-unsaturated/α-hetero) is 1. The number of benzene rings is 2. The third kappa shape index (κ3) is 7.17. The zero-order valence-corrected chi connectivity index (χ0v) is 19.4. The highest BCUT2D eigenvalue weighted by molar-refractivity contribution is 6.02. The standard InChI is InChI=1S/C23H21F3N6O5/c1-13(33)14-6-7-19(15(20(14)34)8-9-23(24,25)26)37-11-3-10-36-18-5-2-4-17(16(18)12-27)28-22(35)21-29-31-32-30-21/h2,4-7,34H,3,8-11H2,1H3,(H,28,35)(H,29,30,31,32). The van der Waals surface area contributed by atoms with Gasteiger partial charge in [-0.2, -0.15) is 23.6 Å². The molecular weight excluding hydrogens is 497 g/mol. The maximum atomic E-state index is 12.7. The van der Waals surface area contributed by atoms with Crippen LogP contribution in [0.3, 0.4) is 0 Å². The van der Waals surface area contributed by atoms with E-state index in [2.05, 4.69) is 25.9 Å². The fraction of sp³-hybridized carbons (Fsp3) is 0.304. The van der Waals surface area contributed by atoms with Crippen LogP contribution in [0, 0.1) is 11.3 Å². The molecule has 0 unspecified atom stereocenters. The first-order valence-corrected chi connectivity index (χ1v) is 10.9. The van der Waals surface area contributed by atoms with Gasteiger partial charge in [-0.05, 0) is 42.8 Å². The van der Waals surface area contributed by atoms with Crippen LogP contribution in [-0.4, -0.2) is 56.8 Å². The molecule has 1 heterocycles. The number of nitriles is 1. The number of hydrogen-bond acceptors (Lipinski definition) is 9. The molecule has 0 saturated carbocycles. The molecule has 3 rings (SSSR count). The number of hydrogen-bond donors (Lipinski definition) is 3. The van der Waals surface area contributed by atoms with Crippen molar-refractivity contribution in [2.75, 3.05) is 18.5 Å². The van der Waals surface area contributed by atoms with Gasteiger partial charge in [0.2, 0.25) is 0 Å². The lowest BCUT2D eigenvalue weighted by atomic mass is 10.0. The normalized spacial score (nSPS) is 11.0. The number of anilines is 1. The second-order valence-corrected chi connectivity index (χ2v) is 7.64. The number of ketones is 1. The number of nitrogens with one attached hydrogen (secondary N) is 2. The Hall–Kier alpha value is -4.67. The first-order chi connectivity index (χ1) is 17.6. The van der Waals surface area contributed by atoms with Crippen molar-refractivity contribution in [3.63, 3.8) is 0 Å². The molecule has 2 aromatic carbocycles. The van der Waals surface area contributed by atoms with Crippen LogP contribution in [0.25, 0.3) is 0 Å². The molecule has 37 heavy (non-hydrogen) atoms. The molecule has 0 aliphatic heterocycles. The zero-order valence-electron chi connectivity index (χ0n) is 19.4. The Bertz CT molecular complexity index is 1310. The minimum atomic E-state index is -4.46. The Kier molecular flexibility index (Phi) is 8.62. The molecule has 0 spiro atoms. The highest BCUT2D eigenvalue weighted by atomic mass is 19.4. The van der Waals surface area contributed by atoms with E-state index in [0.717, 1.165) is 0 Å². The molecule has 11 nitrogen and oxygen atoms in total. The lowest BCUT2D eigenvalue weighted by Crippen LogP contribution is -2.15. The van der Waals surface area contributed by atoms with E-state index in [1.165, 1.54) is 31.2 Å². The van der Waals surface area contributed by atoms with Crippen molar-refractivity contribution >= 4 is 17.4 Å². The van der Waals surface area contributed by atoms with Gasteiger partial charge in [0.05, 0.1) is 24.5 Å². The molecule has 0 aliphatic rings. The number of aromatic hydroxyl groups is 1. The Morgan fingerprint density at radius 2 is 1.89 bits per heavy atom. The van der Waals surface area contributed by atoms with E-state index >= 15 is 0 Å². The quantitative estimate of drug-likeness (QED) is 0.254. The average molecular weight is 518 g/mol. The van der Waals surface area contributed by atoms with E-state index in [0.29, 0.717) is 0 Å². The Morgan fingerprint density at radius 1 is 1.16 bits per heavy atom. The fourth-order valence-corrected chi connectivity index (χ4v) is 3.28. The van der Waals surface area contributed by atoms with Crippen LogP contribution in [0.15, 0.2) is 30.3 Å². The number of phenols is 1. The maximum Gasteiger partial charge on any atom is 0.389 e. The van der Waals surface area contributed by atoms with Crippen LogP contribution >= 0.6 is 0 Å². The number of aromatic nitrogens is 4. The maximum absolute atomic E-state index is 12.7. The fourth-order valence-electron chi connectivity index (χ4n) is 3.28. The van der Waals surface area contributed by atoms with Gasteiger partial charge in [0.25, 0.3) is 11.7 Å². The van der Waals surface area contributed by atoms with Crippen molar-refractivity contribution in [3.05, 3.63) is 52.8 Å². The van der Waals surface area contributed by atoms with Crippen molar-refractivity contribution in [2.45, 2.75) is 32.4 Å². The summed E-state index contributed by atoms with van der Waals surface area (Å²) in [6, 6.07) is 9.16. The number of aromatic amines is 1. The number of ether oxygens (including phenoxy) is 2. The van der Waals surface area contributed by atoms with Crippen LogP contribution < -0.4 is 14.8 Å². The topological polar surface area (TPSA) is 163 Å². The molecular formula is C23H21F3N6O5. The van der Waals surface area contributed by atoms with Crippen LogP contribution in [0.2, 0.25) is 0 Å². The van der Waals surface area contributed by atoms with Crippen molar-refractivity contribution in [3.8, 4) is 23.3 Å². The predicted molar refractivity (Wildman–Crippen MR) is 121 cm³/mol. The van der Waals surface area contributed by atoms with Gasteiger partial charge in [-0.25, -0.2) is 0 Å². The summed E-state index contributed by atoms with van der Waals surface area (Å²) >= 11 is 0. The molecule has 0 bridgehead atoms. The number of phenolic OH excluding ortho intramolecular Hbond substituents is 1. The van der Waals surface area contributed by atoms with Crippen molar-refractivity contribution < 1.29 is 37.3 Å². The predicted octanol–water partition coefficient (Wildman–Crippen LogP) is 3.57. The number of H-pyrrole nitrogens is 1. The van der Waals surface area contributed by atoms with Gasteiger partial charge in [0.1, 0.15) is 28.9 Å². The summed E-state index contributed by atoms with van der Waals surface area (Å²) in [7, 11) is 0. The summed E-state index contributed by atoms with van der Waals surface area (Å²) in [5, 5.41) is 34.9. The summed E-state index contributed by atoms with van der Waals surface area (Å²) in [6.07, 6.45) is -5.95. The van der Waals surface area contributed by atoms with E-state index in [9.17, 15) is 33.1 Å². The first-order valence-electron chi connectivity index (χ1n) is 10.9.